The molecule has 138 valence electrons. The van der Waals surface area contributed by atoms with Gasteiger partial charge in [0.15, 0.2) is 0 Å². The largest absolute Gasteiger partial charge is 0.507 e. The zero-order valence-corrected chi connectivity index (χ0v) is 15.4. The number of amides is 1. The Hall–Kier alpha value is -3.08. The highest BCUT2D eigenvalue weighted by Gasteiger charge is 2.28. The van der Waals surface area contributed by atoms with Crippen LogP contribution in [0.4, 0.5) is 5.69 Å². The number of nitrogens with one attached hydrogen (secondary N) is 1. The number of rotatable bonds is 6. The lowest BCUT2D eigenvalue weighted by atomic mass is 10.1. The summed E-state index contributed by atoms with van der Waals surface area (Å²) in [5.41, 5.74) is 4.46. The Morgan fingerprint density at radius 3 is 2.63 bits per heavy atom. The van der Waals surface area contributed by atoms with Gasteiger partial charge in [-0.15, -0.1) is 0 Å². The topological polar surface area (TPSA) is 67.2 Å². The van der Waals surface area contributed by atoms with Crippen LogP contribution in [-0.2, 0) is 11.3 Å². The first kappa shape index (κ1) is 17.3. The van der Waals surface area contributed by atoms with Gasteiger partial charge < -0.3 is 10.4 Å². The second-order valence-electron chi connectivity index (χ2n) is 7.01. The lowest BCUT2D eigenvalue weighted by Crippen LogP contribution is -2.09. The number of nitrogens with zero attached hydrogens (tertiary/aromatic N) is 2. The molecule has 0 aliphatic heterocycles. The Bertz CT molecular complexity index is 959. The molecule has 5 heteroatoms. The van der Waals surface area contributed by atoms with E-state index in [-0.39, 0.29) is 11.7 Å². The molecule has 2 N–H and O–H groups in total. The van der Waals surface area contributed by atoms with Crippen molar-refractivity contribution in [2.75, 3.05) is 5.32 Å². The normalized spacial score (nSPS) is 13.5. The van der Waals surface area contributed by atoms with E-state index in [0.717, 1.165) is 12.2 Å². The number of hydrogen-bond donors (Lipinski definition) is 2. The Kier molecular flexibility index (Phi) is 4.67. The van der Waals surface area contributed by atoms with Crippen LogP contribution < -0.4 is 5.32 Å². The van der Waals surface area contributed by atoms with E-state index in [1.165, 1.54) is 24.1 Å². The van der Waals surface area contributed by atoms with Crippen LogP contribution in [0.2, 0.25) is 0 Å². The summed E-state index contributed by atoms with van der Waals surface area (Å²) in [6, 6.07) is 17.5. The minimum atomic E-state index is -0.0784. The average Bonchev–Trinajstić information content (AvgIpc) is 3.44. The van der Waals surface area contributed by atoms with Crippen LogP contribution in [0, 0.1) is 0 Å². The zero-order valence-electron chi connectivity index (χ0n) is 15.4. The van der Waals surface area contributed by atoms with Gasteiger partial charge in [-0.2, -0.15) is 5.10 Å². The Morgan fingerprint density at radius 1 is 1.19 bits per heavy atom. The highest BCUT2D eigenvalue weighted by Crippen LogP contribution is 2.42. The van der Waals surface area contributed by atoms with Crippen molar-refractivity contribution in [3.63, 3.8) is 0 Å². The summed E-state index contributed by atoms with van der Waals surface area (Å²) in [5, 5.41) is 18.0. The molecule has 1 aliphatic carbocycles. The van der Waals surface area contributed by atoms with Crippen LogP contribution in [-0.4, -0.2) is 20.8 Å². The van der Waals surface area contributed by atoms with Gasteiger partial charge in [0.2, 0.25) is 5.91 Å². The van der Waals surface area contributed by atoms with Gasteiger partial charge in [-0.25, -0.2) is 0 Å². The molecule has 1 aliphatic rings. The molecule has 0 radical (unpaired) electrons. The first-order valence-corrected chi connectivity index (χ1v) is 9.39. The standard InChI is InChI=1S/C22H23N3O2/c1-2-22(27)23-17-10-11-18(21(26)12-17)19-13-20(16-8-9-16)25(24-19)14-15-6-4-3-5-7-15/h3-7,10-13,16,26H,2,8-9,14H2,1H3,(H,23,27). The predicted octanol–water partition coefficient (Wildman–Crippen LogP) is 4.53. The molecule has 0 spiro atoms. The number of benzene rings is 2. The minimum absolute atomic E-state index is 0.0784. The Balaban J connectivity index is 1.64. The van der Waals surface area contributed by atoms with Gasteiger partial charge >= 0.3 is 0 Å². The fourth-order valence-corrected chi connectivity index (χ4v) is 3.23. The number of phenolic OH excluding ortho intramolecular Hbond substituents is 1. The van der Waals surface area contributed by atoms with E-state index in [9.17, 15) is 9.90 Å². The Labute approximate surface area is 158 Å². The van der Waals surface area contributed by atoms with Gasteiger partial charge in [-0.1, -0.05) is 37.3 Å². The van der Waals surface area contributed by atoms with Crippen molar-refractivity contribution in [2.45, 2.75) is 38.6 Å². The van der Waals surface area contributed by atoms with Crippen LogP contribution in [0.3, 0.4) is 0 Å². The molecule has 1 saturated carbocycles. The van der Waals surface area contributed by atoms with Gasteiger partial charge in [0.05, 0.1) is 12.2 Å². The van der Waals surface area contributed by atoms with E-state index in [1.807, 2.05) is 24.3 Å². The molecule has 3 aromatic rings. The zero-order chi connectivity index (χ0) is 18.8. The van der Waals surface area contributed by atoms with Crippen LogP contribution in [0.15, 0.2) is 54.6 Å². The van der Waals surface area contributed by atoms with E-state index in [2.05, 4.69) is 28.2 Å². The molecule has 1 amide bonds. The smallest absolute Gasteiger partial charge is 0.224 e. The van der Waals surface area contributed by atoms with Crippen molar-refractivity contribution in [1.29, 1.82) is 0 Å². The maximum Gasteiger partial charge on any atom is 0.224 e. The summed E-state index contributed by atoms with van der Waals surface area (Å²) in [6.07, 6.45) is 2.78. The summed E-state index contributed by atoms with van der Waals surface area (Å²) >= 11 is 0. The molecule has 2 aromatic carbocycles. The van der Waals surface area contributed by atoms with E-state index in [1.54, 1.807) is 19.1 Å². The molecule has 0 atom stereocenters. The van der Waals surface area contributed by atoms with Crippen LogP contribution in [0.1, 0.15) is 43.4 Å². The molecule has 4 rings (SSSR count). The molecule has 1 fully saturated rings. The molecule has 0 unspecified atom stereocenters. The number of aromatic hydroxyl groups is 1. The average molecular weight is 361 g/mol. The third-order valence-electron chi connectivity index (χ3n) is 4.86. The minimum Gasteiger partial charge on any atom is -0.507 e. The number of aromatic nitrogens is 2. The predicted molar refractivity (Wildman–Crippen MR) is 106 cm³/mol. The van der Waals surface area contributed by atoms with E-state index in [0.29, 0.717) is 23.6 Å². The highest BCUT2D eigenvalue weighted by atomic mass is 16.3. The van der Waals surface area contributed by atoms with Gasteiger partial charge in [0.25, 0.3) is 0 Å². The molecule has 0 saturated heterocycles. The summed E-state index contributed by atoms with van der Waals surface area (Å²) in [5.74, 6) is 0.598. The summed E-state index contributed by atoms with van der Waals surface area (Å²) in [6.45, 7) is 2.51. The fraction of sp³-hybridized carbons (Fsp3) is 0.273. The molecule has 1 heterocycles. The first-order chi connectivity index (χ1) is 13.1. The number of carbonyl (C=O) groups is 1. The number of phenols is 1. The summed E-state index contributed by atoms with van der Waals surface area (Å²) in [4.78, 5) is 11.5. The monoisotopic (exact) mass is 361 g/mol. The molecule has 5 nitrogen and oxygen atoms in total. The van der Waals surface area contributed by atoms with Gasteiger partial charge in [0.1, 0.15) is 5.75 Å². The van der Waals surface area contributed by atoms with E-state index in [4.69, 9.17) is 5.10 Å². The van der Waals surface area contributed by atoms with Crippen molar-refractivity contribution >= 4 is 11.6 Å². The Morgan fingerprint density at radius 2 is 1.96 bits per heavy atom. The van der Waals surface area contributed by atoms with Crippen LogP contribution >= 0.6 is 0 Å². The molecule has 1 aromatic heterocycles. The molecular formula is C22H23N3O2. The number of hydrogen-bond acceptors (Lipinski definition) is 3. The maximum absolute atomic E-state index is 11.5. The van der Waals surface area contributed by atoms with Gasteiger partial charge in [0, 0.05) is 35.3 Å². The first-order valence-electron chi connectivity index (χ1n) is 9.39. The lowest BCUT2D eigenvalue weighted by Gasteiger charge is -2.07. The molecule has 27 heavy (non-hydrogen) atoms. The second-order valence-corrected chi connectivity index (χ2v) is 7.01. The lowest BCUT2D eigenvalue weighted by molar-refractivity contribution is -0.115. The van der Waals surface area contributed by atoms with E-state index >= 15 is 0 Å². The van der Waals surface area contributed by atoms with Crippen molar-refractivity contribution in [2.24, 2.45) is 0 Å². The molecule has 0 bridgehead atoms. The van der Waals surface area contributed by atoms with Crippen LogP contribution in [0.5, 0.6) is 5.75 Å². The van der Waals surface area contributed by atoms with E-state index < -0.39 is 0 Å². The van der Waals surface area contributed by atoms with Gasteiger partial charge in [-0.05, 0) is 36.6 Å². The van der Waals surface area contributed by atoms with Gasteiger partial charge in [-0.3, -0.25) is 9.48 Å². The van der Waals surface area contributed by atoms with Crippen molar-refractivity contribution in [3.8, 4) is 17.0 Å². The SMILES string of the molecule is CCC(=O)Nc1ccc(-c2cc(C3CC3)n(Cc3ccccc3)n2)c(O)c1. The summed E-state index contributed by atoms with van der Waals surface area (Å²) < 4.78 is 2.05. The van der Waals surface area contributed by atoms with Crippen molar-refractivity contribution in [3.05, 3.63) is 65.9 Å². The fourth-order valence-electron chi connectivity index (χ4n) is 3.23. The third kappa shape index (κ3) is 3.87. The van der Waals surface area contributed by atoms with Crippen LogP contribution in [0.25, 0.3) is 11.3 Å². The highest BCUT2D eigenvalue weighted by molar-refractivity contribution is 5.91. The maximum atomic E-state index is 11.5. The third-order valence-corrected chi connectivity index (χ3v) is 4.86. The number of carbonyl (C=O) groups excluding carboxylic acids is 1. The second kappa shape index (κ2) is 7.27. The van der Waals surface area contributed by atoms with Crippen molar-refractivity contribution in [1.82, 2.24) is 9.78 Å². The summed E-state index contributed by atoms with van der Waals surface area (Å²) in [7, 11) is 0. The van der Waals surface area contributed by atoms with Crippen molar-refractivity contribution < 1.29 is 9.90 Å². The quantitative estimate of drug-likeness (QED) is 0.678. The number of anilines is 1. The molecular weight excluding hydrogens is 338 g/mol.